The van der Waals surface area contributed by atoms with Gasteiger partial charge in [0, 0.05) is 56.0 Å². The Balaban J connectivity index is 1.36. The van der Waals surface area contributed by atoms with E-state index >= 15 is 0 Å². The van der Waals surface area contributed by atoms with E-state index in [0.717, 1.165) is 44.9 Å². The maximum absolute atomic E-state index is 14.4. The largest absolute Gasteiger partial charge is 0.490 e. The highest BCUT2D eigenvalue weighted by Crippen LogP contribution is 2.34. The van der Waals surface area contributed by atoms with Crippen LogP contribution in [-0.2, 0) is 9.53 Å². The second-order valence-electron chi connectivity index (χ2n) is 13.7. The van der Waals surface area contributed by atoms with Crippen molar-refractivity contribution in [3.63, 3.8) is 0 Å². The quantitative estimate of drug-likeness (QED) is 0.329. The molecule has 3 N–H and O–H groups in total. The molecular formula is C37H52N4O8. The molecular weight excluding hydrogens is 628 g/mol. The Kier molecular flexibility index (Phi) is 12.6. The van der Waals surface area contributed by atoms with Crippen molar-refractivity contribution in [3.8, 4) is 17.2 Å². The summed E-state index contributed by atoms with van der Waals surface area (Å²) in [6, 6.07) is 9.12. The van der Waals surface area contributed by atoms with Gasteiger partial charge in [0.1, 0.15) is 5.75 Å². The van der Waals surface area contributed by atoms with Crippen LogP contribution < -0.4 is 24.8 Å². The molecule has 49 heavy (non-hydrogen) atoms. The minimum Gasteiger partial charge on any atom is -0.490 e. The van der Waals surface area contributed by atoms with Crippen LogP contribution in [0.2, 0.25) is 0 Å². The van der Waals surface area contributed by atoms with Crippen molar-refractivity contribution in [2.24, 2.45) is 11.8 Å². The molecule has 268 valence electrons. The summed E-state index contributed by atoms with van der Waals surface area (Å²) in [5.41, 5.74) is 1.20. The zero-order valence-corrected chi connectivity index (χ0v) is 29.2. The lowest BCUT2D eigenvalue weighted by atomic mass is 9.88. The number of ether oxygens (including phenoxy) is 4. The zero-order chi connectivity index (χ0) is 34.9. The Morgan fingerprint density at radius 1 is 0.939 bits per heavy atom. The van der Waals surface area contributed by atoms with Gasteiger partial charge < -0.3 is 44.5 Å². The van der Waals surface area contributed by atoms with Crippen molar-refractivity contribution in [2.45, 2.75) is 90.4 Å². The molecule has 0 bridgehead atoms. The lowest BCUT2D eigenvalue weighted by Gasteiger charge is -2.36. The number of hydrogen-bond acceptors (Lipinski definition) is 8. The Morgan fingerprint density at radius 3 is 2.35 bits per heavy atom. The van der Waals surface area contributed by atoms with E-state index in [1.54, 1.807) is 53.1 Å². The number of amides is 4. The van der Waals surface area contributed by atoms with Crippen LogP contribution in [0.15, 0.2) is 36.4 Å². The number of rotatable bonds is 7. The summed E-state index contributed by atoms with van der Waals surface area (Å²) in [5.74, 6) is 1.29. The number of nitrogens with one attached hydrogen (secondary N) is 2. The third-order valence-corrected chi connectivity index (χ3v) is 9.72. The van der Waals surface area contributed by atoms with E-state index in [4.69, 9.17) is 18.9 Å². The third kappa shape index (κ3) is 9.57. The smallest absolute Gasteiger partial charge is 0.323 e. The van der Waals surface area contributed by atoms with Gasteiger partial charge in [0.15, 0.2) is 11.5 Å². The van der Waals surface area contributed by atoms with E-state index in [0.29, 0.717) is 41.8 Å². The topological polar surface area (TPSA) is 139 Å². The van der Waals surface area contributed by atoms with Crippen LogP contribution in [-0.4, -0.2) is 91.1 Å². The van der Waals surface area contributed by atoms with Crippen LogP contribution in [0.1, 0.15) is 82.5 Å². The second kappa shape index (κ2) is 17.1. The normalized spacial score (nSPS) is 22.7. The Hall–Kier alpha value is -4.03. The predicted octanol–water partition coefficient (Wildman–Crippen LogP) is 5.89. The Morgan fingerprint density at radius 2 is 1.61 bits per heavy atom. The molecule has 2 aliphatic heterocycles. The first kappa shape index (κ1) is 36.3. The molecule has 4 amide bonds. The van der Waals surface area contributed by atoms with Crippen LogP contribution in [0.5, 0.6) is 17.2 Å². The van der Waals surface area contributed by atoms with Crippen molar-refractivity contribution < 1.29 is 38.4 Å². The lowest BCUT2D eigenvalue weighted by molar-refractivity contribution is -0.137. The fourth-order valence-electron chi connectivity index (χ4n) is 6.75. The van der Waals surface area contributed by atoms with E-state index in [2.05, 4.69) is 10.6 Å². The molecule has 2 aromatic rings. The number of carbonyl (C=O) groups excluding carboxylic acids is 3. The maximum Gasteiger partial charge on any atom is 0.323 e. The second-order valence-corrected chi connectivity index (χ2v) is 13.7. The summed E-state index contributed by atoms with van der Waals surface area (Å²) in [4.78, 5) is 44.2. The molecule has 12 nitrogen and oxygen atoms in total. The molecule has 0 spiro atoms. The number of anilines is 2. The molecule has 3 aliphatic rings. The standard InChI is InChI=1S/C37H52N4O8/c1-24-20-41(25(2)22-42)36(44)30-18-28(38-37(45)39-29-14-16-32-33(19-29)48-23-47-32)13-15-31(30)49-26(3)10-8-9-17-46-34(24)21-40(4)35(43)27-11-6-5-7-12-27/h13-16,18-19,24-27,34,42H,5-12,17,20-23H2,1-4H3,(H2,38,39,45)/t24-,25+,26-,34-/m0/s1. The number of carbonyl (C=O) groups is 3. The van der Waals surface area contributed by atoms with E-state index in [-0.39, 0.29) is 61.4 Å². The van der Waals surface area contributed by atoms with Gasteiger partial charge in [-0.25, -0.2) is 4.79 Å². The molecule has 1 fully saturated rings. The van der Waals surface area contributed by atoms with E-state index < -0.39 is 12.1 Å². The van der Waals surface area contributed by atoms with Crippen LogP contribution in [0.4, 0.5) is 16.2 Å². The number of fused-ring (bicyclic) bond motifs is 2. The van der Waals surface area contributed by atoms with Crippen molar-refractivity contribution in [1.82, 2.24) is 9.80 Å². The SMILES string of the molecule is C[C@H](CO)N1C[C@H](C)[C@H](CN(C)C(=O)C2CCCCC2)OCCCC[C@H](C)Oc2ccc(NC(=O)Nc3ccc4c(c3)OCO4)cc2C1=O. The molecule has 0 radical (unpaired) electrons. The molecule has 1 saturated carbocycles. The molecule has 0 unspecified atom stereocenters. The minimum absolute atomic E-state index is 0.0555. The van der Waals surface area contributed by atoms with Crippen molar-refractivity contribution in [1.29, 1.82) is 0 Å². The van der Waals surface area contributed by atoms with E-state index in [1.165, 1.54) is 6.42 Å². The van der Waals surface area contributed by atoms with Gasteiger partial charge in [-0.1, -0.05) is 26.2 Å². The fourth-order valence-corrected chi connectivity index (χ4v) is 6.75. The number of benzene rings is 2. The zero-order valence-electron chi connectivity index (χ0n) is 29.2. The molecule has 0 saturated heterocycles. The van der Waals surface area contributed by atoms with Gasteiger partial charge in [-0.3, -0.25) is 9.59 Å². The summed E-state index contributed by atoms with van der Waals surface area (Å²) < 4.78 is 23.5. The summed E-state index contributed by atoms with van der Waals surface area (Å²) in [6.07, 6.45) is 7.19. The molecule has 0 aromatic heterocycles. The Bertz CT molecular complexity index is 1450. The molecule has 2 heterocycles. The van der Waals surface area contributed by atoms with Gasteiger partial charge in [-0.15, -0.1) is 0 Å². The number of likely N-dealkylation sites (N-methyl/N-ethyl adjacent to an activating group) is 1. The average molecular weight is 681 g/mol. The van der Waals surface area contributed by atoms with Crippen LogP contribution in [0.3, 0.4) is 0 Å². The average Bonchev–Trinajstić information content (AvgIpc) is 3.57. The highest BCUT2D eigenvalue weighted by Gasteiger charge is 2.32. The maximum atomic E-state index is 14.4. The fraction of sp³-hybridized carbons (Fsp3) is 0.595. The number of aliphatic hydroxyl groups excluding tert-OH is 1. The number of aliphatic hydroxyl groups is 1. The van der Waals surface area contributed by atoms with Crippen LogP contribution in [0.25, 0.3) is 0 Å². The van der Waals surface area contributed by atoms with Crippen LogP contribution in [0, 0.1) is 11.8 Å². The first-order valence-electron chi connectivity index (χ1n) is 17.7. The molecule has 12 heteroatoms. The van der Waals surface area contributed by atoms with Crippen molar-refractivity contribution in [3.05, 3.63) is 42.0 Å². The molecule has 2 aromatic carbocycles. The highest BCUT2D eigenvalue weighted by atomic mass is 16.7. The minimum atomic E-state index is -0.513. The Labute approximate surface area is 289 Å². The first-order valence-corrected chi connectivity index (χ1v) is 17.7. The predicted molar refractivity (Wildman–Crippen MR) is 186 cm³/mol. The van der Waals surface area contributed by atoms with Gasteiger partial charge in [0.25, 0.3) is 5.91 Å². The highest BCUT2D eigenvalue weighted by molar-refractivity contribution is 6.02. The summed E-state index contributed by atoms with van der Waals surface area (Å²) in [7, 11) is 1.85. The van der Waals surface area contributed by atoms with Gasteiger partial charge >= 0.3 is 6.03 Å². The molecule has 1 aliphatic carbocycles. The van der Waals surface area contributed by atoms with E-state index in [9.17, 15) is 19.5 Å². The molecule has 5 rings (SSSR count). The first-order chi connectivity index (χ1) is 23.6. The van der Waals surface area contributed by atoms with Crippen molar-refractivity contribution >= 4 is 29.2 Å². The summed E-state index contributed by atoms with van der Waals surface area (Å²) >= 11 is 0. The van der Waals surface area contributed by atoms with Crippen LogP contribution >= 0.6 is 0 Å². The van der Waals surface area contributed by atoms with Gasteiger partial charge in [-0.05, 0) is 76.3 Å². The van der Waals surface area contributed by atoms with Gasteiger partial charge in [0.05, 0.1) is 30.4 Å². The monoisotopic (exact) mass is 680 g/mol. The summed E-state index contributed by atoms with van der Waals surface area (Å²) in [5, 5.41) is 15.9. The summed E-state index contributed by atoms with van der Waals surface area (Å²) in [6.45, 7) is 6.93. The number of hydrogen-bond donors (Lipinski definition) is 3. The van der Waals surface area contributed by atoms with Crippen molar-refractivity contribution in [2.75, 3.05) is 50.8 Å². The van der Waals surface area contributed by atoms with Gasteiger partial charge in [0.2, 0.25) is 12.7 Å². The van der Waals surface area contributed by atoms with Gasteiger partial charge in [-0.2, -0.15) is 0 Å². The number of urea groups is 1. The number of nitrogens with zero attached hydrogens (tertiary/aromatic N) is 2. The molecule has 4 atom stereocenters. The van der Waals surface area contributed by atoms with E-state index in [1.807, 2.05) is 20.9 Å². The third-order valence-electron chi connectivity index (χ3n) is 9.72. The lowest BCUT2D eigenvalue weighted by Crippen LogP contribution is -2.48.